The minimum absolute atomic E-state index is 0.188. The predicted molar refractivity (Wildman–Crippen MR) is 66.7 cm³/mol. The number of anilines is 1. The lowest BCUT2D eigenvalue weighted by Crippen LogP contribution is -2.26. The van der Waals surface area contributed by atoms with Crippen LogP contribution in [0.1, 0.15) is 16.2 Å². The van der Waals surface area contributed by atoms with E-state index in [2.05, 4.69) is 36.4 Å². The van der Waals surface area contributed by atoms with Crippen molar-refractivity contribution in [1.29, 1.82) is 0 Å². The second-order valence-electron chi connectivity index (χ2n) is 3.43. The van der Waals surface area contributed by atoms with Gasteiger partial charge in [0, 0.05) is 23.6 Å². The number of halogens is 1. The number of aromatic nitrogens is 3. The van der Waals surface area contributed by atoms with Gasteiger partial charge in [0.05, 0.1) is 5.56 Å². The SMILES string of the molecule is Nc1ncc(Br)cc1C(=O)NCCc1ncno1. The van der Waals surface area contributed by atoms with Gasteiger partial charge >= 0.3 is 0 Å². The first-order chi connectivity index (χ1) is 8.66. The highest BCUT2D eigenvalue weighted by molar-refractivity contribution is 9.10. The lowest BCUT2D eigenvalue weighted by molar-refractivity contribution is 0.0954. The second kappa shape index (κ2) is 5.58. The Morgan fingerprint density at radius 1 is 1.50 bits per heavy atom. The summed E-state index contributed by atoms with van der Waals surface area (Å²) in [5.41, 5.74) is 5.95. The van der Waals surface area contributed by atoms with Crippen molar-refractivity contribution < 1.29 is 9.32 Å². The minimum Gasteiger partial charge on any atom is -0.383 e. The number of hydrogen-bond acceptors (Lipinski definition) is 6. The maximum Gasteiger partial charge on any atom is 0.255 e. The van der Waals surface area contributed by atoms with Gasteiger partial charge in [-0.1, -0.05) is 5.16 Å². The van der Waals surface area contributed by atoms with Crippen LogP contribution in [-0.4, -0.2) is 27.6 Å². The number of amides is 1. The average Bonchev–Trinajstić information content (AvgIpc) is 2.85. The summed E-state index contributed by atoms with van der Waals surface area (Å²) in [6.07, 6.45) is 3.31. The molecule has 0 radical (unpaired) electrons. The van der Waals surface area contributed by atoms with Gasteiger partial charge in [-0.2, -0.15) is 4.98 Å². The average molecular weight is 312 g/mol. The lowest BCUT2D eigenvalue weighted by Gasteiger charge is -2.06. The molecule has 7 nitrogen and oxygen atoms in total. The van der Waals surface area contributed by atoms with Crippen molar-refractivity contribution in [1.82, 2.24) is 20.4 Å². The first kappa shape index (κ1) is 12.5. The summed E-state index contributed by atoms with van der Waals surface area (Å²) in [5.74, 6) is 0.366. The van der Waals surface area contributed by atoms with Crippen LogP contribution in [0.2, 0.25) is 0 Å². The Hall–Kier alpha value is -1.96. The van der Waals surface area contributed by atoms with Crippen LogP contribution < -0.4 is 11.1 Å². The van der Waals surface area contributed by atoms with E-state index in [-0.39, 0.29) is 11.7 Å². The highest BCUT2D eigenvalue weighted by atomic mass is 79.9. The molecule has 18 heavy (non-hydrogen) atoms. The molecule has 0 fully saturated rings. The molecule has 0 aliphatic heterocycles. The fourth-order valence-electron chi connectivity index (χ4n) is 1.32. The van der Waals surface area contributed by atoms with Gasteiger partial charge in [-0.05, 0) is 22.0 Å². The van der Waals surface area contributed by atoms with Crippen LogP contribution in [0.15, 0.2) is 27.6 Å². The zero-order valence-corrected chi connectivity index (χ0v) is 10.8. The van der Waals surface area contributed by atoms with E-state index >= 15 is 0 Å². The lowest BCUT2D eigenvalue weighted by atomic mass is 10.2. The molecule has 8 heteroatoms. The molecule has 0 unspecified atom stereocenters. The van der Waals surface area contributed by atoms with Crippen molar-refractivity contribution in [2.24, 2.45) is 0 Å². The normalized spacial score (nSPS) is 10.3. The summed E-state index contributed by atoms with van der Waals surface area (Å²) in [6.45, 7) is 0.382. The molecule has 0 aliphatic carbocycles. The van der Waals surface area contributed by atoms with Crippen LogP contribution >= 0.6 is 15.9 Å². The van der Waals surface area contributed by atoms with Crippen molar-refractivity contribution in [2.45, 2.75) is 6.42 Å². The predicted octanol–water partition coefficient (Wildman–Crippen LogP) is 0.782. The molecule has 0 saturated heterocycles. The van der Waals surface area contributed by atoms with E-state index in [4.69, 9.17) is 10.3 Å². The van der Waals surface area contributed by atoms with Gasteiger partial charge in [-0.15, -0.1) is 0 Å². The third kappa shape index (κ3) is 3.04. The molecule has 0 spiro atoms. The maximum absolute atomic E-state index is 11.8. The van der Waals surface area contributed by atoms with Gasteiger partial charge in [0.15, 0.2) is 6.33 Å². The van der Waals surface area contributed by atoms with E-state index in [1.54, 1.807) is 6.07 Å². The third-order valence-corrected chi connectivity index (χ3v) is 2.59. The molecule has 0 bridgehead atoms. The number of carbonyl (C=O) groups excluding carboxylic acids is 1. The van der Waals surface area contributed by atoms with E-state index < -0.39 is 0 Å². The Kier molecular flexibility index (Phi) is 3.88. The van der Waals surface area contributed by atoms with Gasteiger partial charge in [-0.25, -0.2) is 4.98 Å². The largest absolute Gasteiger partial charge is 0.383 e. The fourth-order valence-corrected chi connectivity index (χ4v) is 1.65. The Bertz CT molecular complexity index is 543. The number of nitrogens with zero attached hydrogens (tertiary/aromatic N) is 3. The van der Waals surface area contributed by atoms with Gasteiger partial charge in [0.1, 0.15) is 5.82 Å². The van der Waals surface area contributed by atoms with Crippen molar-refractivity contribution in [3.8, 4) is 0 Å². The number of rotatable bonds is 4. The first-order valence-electron chi connectivity index (χ1n) is 5.11. The van der Waals surface area contributed by atoms with Gasteiger partial charge < -0.3 is 15.6 Å². The highest BCUT2D eigenvalue weighted by Crippen LogP contribution is 2.15. The fraction of sp³-hybridized carbons (Fsp3) is 0.200. The summed E-state index contributed by atoms with van der Waals surface area (Å²) in [4.78, 5) is 19.6. The van der Waals surface area contributed by atoms with Crippen LogP contribution in [-0.2, 0) is 6.42 Å². The number of pyridine rings is 1. The van der Waals surface area contributed by atoms with E-state index in [0.29, 0.717) is 28.9 Å². The molecule has 2 aromatic rings. The van der Waals surface area contributed by atoms with E-state index in [9.17, 15) is 4.79 Å². The standard InChI is InChI=1S/C10H10BrN5O2/c11-6-3-7(9(12)14-4-6)10(17)13-2-1-8-15-5-16-18-8/h3-5H,1-2H2,(H2,12,14)(H,13,17). The summed E-state index contributed by atoms with van der Waals surface area (Å²) < 4.78 is 5.50. The van der Waals surface area contributed by atoms with Crippen LogP contribution in [0.5, 0.6) is 0 Å². The molecule has 0 saturated carbocycles. The molecule has 2 rings (SSSR count). The molecule has 2 aromatic heterocycles. The van der Waals surface area contributed by atoms with Crippen LogP contribution in [0.3, 0.4) is 0 Å². The Labute approximate surface area is 111 Å². The van der Waals surface area contributed by atoms with Crippen molar-refractivity contribution in [3.05, 3.63) is 34.5 Å². The van der Waals surface area contributed by atoms with Crippen molar-refractivity contribution >= 4 is 27.7 Å². The molecular weight excluding hydrogens is 302 g/mol. The summed E-state index contributed by atoms with van der Waals surface area (Å²) in [5, 5.41) is 6.17. The number of nitrogens with two attached hydrogens (primary N) is 1. The van der Waals surface area contributed by atoms with Crippen LogP contribution in [0.25, 0.3) is 0 Å². The third-order valence-electron chi connectivity index (χ3n) is 2.16. The Morgan fingerprint density at radius 2 is 2.33 bits per heavy atom. The molecule has 0 aromatic carbocycles. The molecule has 3 N–H and O–H groups in total. The molecule has 1 amide bonds. The Balaban J connectivity index is 1.93. The van der Waals surface area contributed by atoms with Gasteiger partial charge in [0.2, 0.25) is 5.89 Å². The summed E-state index contributed by atoms with van der Waals surface area (Å²) in [7, 11) is 0. The zero-order chi connectivity index (χ0) is 13.0. The number of nitrogens with one attached hydrogen (secondary N) is 1. The number of nitrogen functional groups attached to an aromatic ring is 1. The number of carbonyl (C=O) groups is 1. The summed E-state index contributed by atoms with van der Waals surface area (Å²) in [6, 6.07) is 1.62. The second-order valence-corrected chi connectivity index (χ2v) is 4.34. The van der Waals surface area contributed by atoms with Crippen LogP contribution in [0.4, 0.5) is 5.82 Å². The molecule has 2 heterocycles. The quantitative estimate of drug-likeness (QED) is 0.864. The molecular formula is C10H10BrN5O2. The van der Waals surface area contributed by atoms with Crippen molar-refractivity contribution in [3.63, 3.8) is 0 Å². The van der Waals surface area contributed by atoms with Gasteiger partial charge in [-0.3, -0.25) is 4.79 Å². The topological polar surface area (TPSA) is 107 Å². The Morgan fingerprint density at radius 3 is 3.06 bits per heavy atom. The molecule has 0 atom stereocenters. The van der Waals surface area contributed by atoms with Gasteiger partial charge in [0.25, 0.3) is 5.91 Å². The van der Waals surface area contributed by atoms with Crippen LogP contribution in [0, 0.1) is 0 Å². The highest BCUT2D eigenvalue weighted by Gasteiger charge is 2.11. The maximum atomic E-state index is 11.8. The van der Waals surface area contributed by atoms with E-state index in [1.807, 2.05) is 0 Å². The molecule has 0 aliphatic rings. The molecule has 94 valence electrons. The first-order valence-corrected chi connectivity index (χ1v) is 5.91. The summed E-state index contributed by atoms with van der Waals surface area (Å²) >= 11 is 3.23. The van der Waals surface area contributed by atoms with Crippen molar-refractivity contribution in [2.75, 3.05) is 12.3 Å². The number of hydrogen-bond donors (Lipinski definition) is 2. The zero-order valence-electron chi connectivity index (χ0n) is 9.26. The van der Waals surface area contributed by atoms with E-state index in [0.717, 1.165) is 0 Å². The monoisotopic (exact) mass is 311 g/mol. The van der Waals surface area contributed by atoms with E-state index in [1.165, 1.54) is 12.5 Å². The smallest absolute Gasteiger partial charge is 0.255 e. The minimum atomic E-state index is -0.291.